The first-order chi connectivity index (χ1) is 11.8. The van der Waals surface area contributed by atoms with E-state index in [1.807, 2.05) is 18.2 Å². The molecule has 2 aromatic carbocycles. The summed E-state index contributed by atoms with van der Waals surface area (Å²) in [7, 11) is 1.51. The van der Waals surface area contributed by atoms with Gasteiger partial charge in [0.25, 0.3) is 0 Å². The van der Waals surface area contributed by atoms with E-state index in [0.29, 0.717) is 16.5 Å². The zero-order valence-electron chi connectivity index (χ0n) is 13.0. The van der Waals surface area contributed by atoms with Gasteiger partial charge in [0.2, 0.25) is 5.16 Å². The number of hydrogen-bond donors (Lipinski definition) is 1. The van der Waals surface area contributed by atoms with Crippen LogP contribution in [0, 0.1) is 0 Å². The monoisotopic (exact) mass is 340 g/mol. The Hall–Kier alpha value is -2.80. The van der Waals surface area contributed by atoms with Crippen LogP contribution in [0.2, 0.25) is 0 Å². The van der Waals surface area contributed by atoms with Crippen molar-refractivity contribution in [3.63, 3.8) is 0 Å². The normalized spacial score (nSPS) is 11.0. The first-order valence-electron chi connectivity index (χ1n) is 7.25. The zero-order chi connectivity index (χ0) is 16.8. The second kappa shape index (κ2) is 7.65. The number of aromatic hydroxyl groups is 1. The lowest BCUT2D eigenvalue weighted by atomic mass is 10.2. The summed E-state index contributed by atoms with van der Waals surface area (Å²) in [6.07, 6.45) is 3.08. The van der Waals surface area contributed by atoms with Crippen LogP contribution in [-0.2, 0) is 5.75 Å². The molecule has 24 heavy (non-hydrogen) atoms. The van der Waals surface area contributed by atoms with Gasteiger partial charge in [0.05, 0.1) is 13.3 Å². The summed E-state index contributed by atoms with van der Waals surface area (Å²) in [5, 5.41) is 23.0. The fourth-order valence-electron chi connectivity index (χ4n) is 2.05. The fraction of sp³-hybridized carbons (Fsp3) is 0.118. The number of methoxy groups -OCH3 is 1. The molecule has 0 spiro atoms. The van der Waals surface area contributed by atoms with Crippen molar-refractivity contribution in [3.05, 3.63) is 66.0 Å². The molecule has 0 bridgehead atoms. The number of hydrogen-bond acceptors (Lipinski definition) is 6. The first kappa shape index (κ1) is 16.1. The van der Waals surface area contributed by atoms with E-state index in [-0.39, 0.29) is 5.75 Å². The van der Waals surface area contributed by atoms with Crippen molar-refractivity contribution in [2.75, 3.05) is 7.11 Å². The topological polar surface area (TPSA) is 72.5 Å². The van der Waals surface area contributed by atoms with Crippen LogP contribution < -0.4 is 4.74 Å². The maximum absolute atomic E-state index is 10.1. The van der Waals surface area contributed by atoms with Crippen LogP contribution in [0.25, 0.3) is 0 Å². The predicted octanol–water partition coefficient (Wildman–Crippen LogP) is 3.17. The van der Waals surface area contributed by atoms with Gasteiger partial charge in [-0.05, 0) is 17.7 Å². The molecule has 122 valence electrons. The molecule has 0 aliphatic carbocycles. The smallest absolute Gasteiger partial charge is 0.212 e. The van der Waals surface area contributed by atoms with E-state index in [1.54, 1.807) is 40.9 Å². The summed E-state index contributed by atoms with van der Waals surface area (Å²) in [6.45, 7) is 0. The molecule has 0 aliphatic rings. The van der Waals surface area contributed by atoms with Crippen molar-refractivity contribution in [2.45, 2.75) is 10.9 Å². The van der Waals surface area contributed by atoms with E-state index in [2.05, 4.69) is 27.4 Å². The van der Waals surface area contributed by atoms with Gasteiger partial charge in [-0.2, -0.15) is 9.78 Å². The molecule has 0 aliphatic heterocycles. The van der Waals surface area contributed by atoms with Crippen LogP contribution in [-0.4, -0.2) is 33.3 Å². The van der Waals surface area contributed by atoms with Crippen molar-refractivity contribution in [1.29, 1.82) is 0 Å². The van der Waals surface area contributed by atoms with Crippen LogP contribution in [0.1, 0.15) is 11.1 Å². The Morgan fingerprint density at radius 3 is 2.83 bits per heavy atom. The lowest BCUT2D eigenvalue weighted by Gasteiger charge is -2.05. The molecule has 3 aromatic rings. The fourth-order valence-corrected chi connectivity index (χ4v) is 2.87. The molecular weight excluding hydrogens is 324 g/mol. The number of rotatable bonds is 6. The molecule has 0 radical (unpaired) electrons. The van der Waals surface area contributed by atoms with Crippen molar-refractivity contribution in [3.8, 4) is 11.5 Å². The molecule has 1 heterocycles. The maximum Gasteiger partial charge on any atom is 0.212 e. The number of ether oxygens (including phenoxy) is 1. The third-order valence-corrected chi connectivity index (χ3v) is 4.29. The standard InChI is InChI=1S/C17H16N4O2S/c1-23-15-9-5-8-14(16(15)22)10-19-21-12-18-20-17(21)24-11-13-6-3-2-4-7-13/h2-10,12,22H,11H2,1H3. The Morgan fingerprint density at radius 2 is 2.04 bits per heavy atom. The molecule has 0 fully saturated rings. The Morgan fingerprint density at radius 1 is 1.21 bits per heavy atom. The second-order valence-corrected chi connectivity index (χ2v) is 5.82. The Balaban J connectivity index is 1.74. The molecule has 0 atom stereocenters. The quantitative estimate of drug-likeness (QED) is 0.551. The summed E-state index contributed by atoms with van der Waals surface area (Å²) < 4.78 is 6.66. The number of phenolic OH excluding ortho intramolecular Hbond substituents is 1. The minimum atomic E-state index is 0.0512. The van der Waals surface area contributed by atoms with Crippen molar-refractivity contribution < 1.29 is 9.84 Å². The van der Waals surface area contributed by atoms with E-state index in [1.165, 1.54) is 19.0 Å². The molecule has 7 heteroatoms. The largest absolute Gasteiger partial charge is 0.504 e. The summed E-state index contributed by atoms with van der Waals surface area (Å²) >= 11 is 1.54. The van der Waals surface area contributed by atoms with E-state index in [9.17, 15) is 5.11 Å². The molecular formula is C17H16N4O2S. The van der Waals surface area contributed by atoms with Gasteiger partial charge < -0.3 is 9.84 Å². The average Bonchev–Trinajstić information content (AvgIpc) is 3.07. The van der Waals surface area contributed by atoms with E-state index in [4.69, 9.17) is 4.74 Å². The molecule has 1 N–H and O–H groups in total. The molecule has 0 saturated carbocycles. The van der Waals surface area contributed by atoms with Gasteiger partial charge in [-0.25, -0.2) is 0 Å². The van der Waals surface area contributed by atoms with Crippen LogP contribution in [0.15, 0.2) is 65.1 Å². The zero-order valence-corrected chi connectivity index (χ0v) is 13.8. The van der Waals surface area contributed by atoms with Crippen LogP contribution in [0.3, 0.4) is 0 Å². The number of benzene rings is 2. The summed E-state index contributed by atoms with van der Waals surface area (Å²) in [5.41, 5.74) is 1.76. The molecule has 0 amide bonds. The Bertz CT molecular complexity index is 834. The molecule has 0 saturated heterocycles. The SMILES string of the molecule is COc1cccc(C=Nn2cnnc2SCc2ccccc2)c1O. The number of para-hydroxylation sites is 1. The van der Waals surface area contributed by atoms with Crippen LogP contribution >= 0.6 is 11.8 Å². The second-order valence-electron chi connectivity index (χ2n) is 4.88. The Kier molecular flexibility index (Phi) is 5.12. The lowest BCUT2D eigenvalue weighted by Crippen LogP contribution is -1.94. The van der Waals surface area contributed by atoms with E-state index in [0.717, 1.165) is 5.75 Å². The van der Waals surface area contributed by atoms with Crippen molar-refractivity contribution in [1.82, 2.24) is 14.9 Å². The van der Waals surface area contributed by atoms with Gasteiger partial charge in [0.1, 0.15) is 6.33 Å². The highest BCUT2D eigenvalue weighted by atomic mass is 32.2. The third-order valence-electron chi connectivity index (χ3n) is 3.28. The van der Waals surface area contributed by atoms with Gasteiger partial charge in [-0.1, -0.05) is 48.2 Å². The van der Waals surface area contributed by atoms with Crippen LogP contribution in [0.4, 0.5) is 0 Å². The number of nitrogens with zero attached hydrogens (tertiary/aromatic N) is 4. The molecule has 6 nitrogen and oxygen atoms in total. The highest BCUT2D eigenvalue weighted by Crippen LogP contribution is 2.28. The summed E-state index contributed by atoms with van der Waals surface area (Å²) in [6, 6.07) is 15.3. The molecule has 1 aromatic heterocycles. The average molecular weight is 340 g/mol. The van der Waals surface area contributed by atoms with Gasteiger partial charge in [-0.15, -0.1) is 10.2 Å². The van der Waals surface area contributed by atoms with Crippen molar-refractivity contribution in [2.24, 2.45) is 5.10 Å². The van der Waals surface area contributed by atoms with Gasteiger partial charge in [-0.3, -0.25) is 0 Å². The predicted molar refractivity (Wildman–Crippen MR) is 93.7 cm³/mol. The third kappa shape index (κ3) is 3.75. The van der Waals surface area contributed by atoms with E-state index < -0.39 is 0 Å². The highest BCUT2D eigenvalue weighted by molar-refractivity contribution is 7.98. The Labute approximate surface area is 143 Å². The summed E-state index contributed by atoms with van der Waals surface area (Å²) in [4.78, 5) is 0. The number of thioether (sulfide) groups is 1. The molecule has 0 unspecified atom stereocenters. The minimum absolute atomic E-state index is 0.0512. The van der Waals surface area contributed by atoms with Gasteiger partial charge >= 0.3 is 0 Å². The minimum Gasteiger partial charge on any atom is -0.504 e. The molecule has 3 rings (SSSR count). The highest BCUT2D eigenvalue weighted by Gasteiger charge is 2.07. The van der Waals surface area contributed by atoms with Crippen molar-refractivity contribution >= 4 is 18.0 Å². The lowest BCUT2D eigenvalue weighted by molar-refractivity contribution is 0.373. The number of phenols is 1. The van der Waals surface area contributed by atoms with Crippen LogP contribution in [0.5, 0.6) is 11.5 Å². The van der Waals surface area contributed by atoms with Gasteiger partial charge in [0, 0.05) is 11.3 Å². The van der Waals surface area contributed by atoms with E-state index >= 15 is 0 Å². The summed E-state index contributed by atoms with van der Waals surface area (Å²) in [5.74, 6) is 1.23. The number of aromatic nitrogens is 3. The van der Waals surface area contributed by atoms with Gasteiger partial charge in [0.15, 0.2) is 11.5 Å². The maximum atomic E-state index is 10.1. The first-order valence-corrected chi connectivity index (χ1v) is 8.23.